The topological polar surface area (TPSA) is 43.8 Å². The van der Waals surface area contributed by atoms with Crippen molar-refractivity contribution in [1.82, 2.24) is 9.78 Å². The number of rotatable bonds is 1. The standard InChI is InChI=1S/C15H21N3/c1-10-6-7-13(16)11(8-10)12-9-18(5)17-14(12)15(2,3)4/h6-9H,16H2,1-5H3. The van der Waals surface area contributed by atoms with Gasteiger partial charge < -0.3 is 5.73 Å². The maximum atomic E-state index is 6.11. The first-order valence-corrected chi connectivity index (χ1v) is 6.19. The van der Waals surface area contributed by atoms with Crippen LogP contribution in [0.1, 0.15) is 32.0 Å². The van der Waals surface area contributed by atoms with Crippen LogP contribution >= 0.6 is 0 Å². The molecule has 0 bridgehead atoms. The van der Waals surface area contributed by atoms with E-state index in [-0.39, 0.29) is 5.41 Å². The highest BCUT2D eigenvalue weighted by Gasteiger charge is 2.23. The van der Waals surface area contributed by atoms with Crippen molar-refractivity contribution in [2.75, 3.05) is 5.73 Å². The van der Waals surface area contributed by atoms with Gasteiger partial charge in [0.1, 0.15) is 0 Å². The van der Waals surface area contributed by atoms with E-state index >= 15 is 0 Å². The molecule has 0 saturated carbocycles. The monoisotopic (exact) mass is 243 g/mol. The van der Waals surface area contributed by atoms with Crippen LogP contribution < -0.4 is 5.73 Å². The first-order valence-electron chi connectivity index (χ1n) is 6.19. The van der Waals surface area contributed by atoms with E-state index in [0.29, 0.717) is 0 Å². The Morgan fingerprint density at radius 1 is 1.17 bits per heavy atom. The van der Waals surface area contributed by atoms with E-state index in [4.69, 9.17) is 5.73 Å². The fraction of sp³-hybridized carbons (Fsp3) is 0.400. The quantitative estimate of drug-likeness (QED) is 0.781. The van der Waals surface area contributed by atoms with Gasteiger partial charge in [0, 0.05) is 35.5 Å². The van der Waals surface area contributed by atoms with E-state index in [2.05, 4.69) is 38.9 Å². The Balaban J connectivity index is 2.67. The minimum Gasteiger partial charge on any atom is -0.398 e. The summed E-state index contributed by atoms with van der Waals surface area (Å²) in [5.41, 5.74) is 11.4. The molecular formula is C15H21N3. The van der Waals surface area contributed by atoms with Gasteiger partial charge in [0.2, 0.25) is 0 Å². The molecule has 96 valence electrons. The molecule has 2 aromatic rings. The summed E-state index contributed by atoms with van der Waals surface area (Å²) in [4.78, 5) is 0. The SMILES string of the molecule is Cc1ccc(N)c(-c2cn(C)nc2C(C)(C)C)c1. The second-order valence-corrected chi connectivity index (χ2v) is 5.91. The zero-order chi connectivity index (χ0) is 13.5. The summed E-state index contributed by atoms with van der Waals surface area (Å²) in [6.07, 6.45) is 2.05. The van der Waals surface area contributed by atoms with Crippen LogP contribution in [0.2, 0.25) is 0 Å². The van der Waals surface area contributed by atoms with Crippen LogP contribution in [0.3, 0.4) is 0 Å². The van der Waals surface area contributed by atoms with Gasteiger partial charge in [-0.15, -0.1) is 0 Å². The maximum absolute atomic E-state index is 6.11. The van der Waals surface area contributed by atoms with Gasteiger partial charge in [-0.25, -0.2) is 0 Å². The van der Waals surface area contributed by atoms with Crippen LogP contribution in [-0.4, -0.2) is 9.78 Å². The average molecular weight is 243 g/mol. The van der Waals surface area contributed by atoms with Crippen molar-refractivity contribution < 1.29 is 0 Å². The maximum Gasteiger partial charge on any atom is 0.0756 e. The van der Waals surface area contributed by atoms with Gasteiger partial charge in [0.15, 0.2) is 0 Å². The predicted molar refractivity (Wildman–Crippen MR) is 76.5 cm³/mol. The van der Waals surface area contributed by atoms with Crippen molar-refractivity contribution in [1.29, 1.82) is 0 Å². The zero-order valence-electron chi connectivity index (χ0n) is 11.8. The third-order valence-corrected chi connectivity index (χ3v) is 3.04. The number of benzene rings is 1. The molecule has 0 unspecified atom stereocenters. The van der Waals surface area contributed by atoms with E-state index in [1.165, 1.54) is 5.56 Å². The molecule has 0 aliphatic rings. The van der Waals surface area contributed by atoms with Crippen molar-refractivity contribution in [3.63, 3.8) is 0 Å². The Labute approximate surface area is 109 Å². The summed E-state index contributed by atoms with van der Waals surface area (Å²) < 4.78 is 1.86. The summed E-state index contributed by atoms with van der Waals surface area (Å²) in [6.45, 7) is 8.59. The summed E-state index contributed by atoms with van der Waals surface area (Å²) in [5.74, 6) is 0. The molecule has 3 heteroatoms. The van der Waals surface area contributed by atoms with Crippen LogP contribution in [0.15, 0.2) is 24.4 Å². The number of hydrogen-bond acceptors (Lipinski definition) is 2. The highest BCUT2D eigenvalue weighted by molar-refractivity contribution is 5.78. The van der Waals surface area contributed by atoms with Gasteiger partial charge in [-0.2, -0.15) is 5.10 Å². The lowest BCUT2D eigenvalue weighted by Gasteiger charge is -2.18. The third kappa shape index (κ3) is 2.26. The van der Waals surface area contributed by atoms with Crippen LogP contribution in [0.25, 0.3) is 11.1 Å². The van der Waals surface area contributed by atoms with Gasteiger partial charge >= 0.3 is 0 Å². The average Bonchev–Trinajstić information content (AvgIpc) is 2.63. The van der Waals surface area contributed by atoms with Crippen LogP contribution in [-0.2, 0) is 12.5 Å². The number of nitrogens with zero attached hydrogens (tertiary/aromatic N) is 2. The molecule has 1 aromatic heterocycles. The molecule has 0 atom stereocenters. The highest BCUT2D eigenvalue weighted by Crippen LogP contribution is 2.35. The van der Waals surface area contributed by atoms with E-state index in [9.17, 15) is 0 Å². The third-order valence-electron chi connectivity index (χ3n) is 3.04. The molecule has 0 aliphatic carbocycles. The molecule has 0 amide bonds. The zero-order valence-corrected chi connectivity index (χ0v) is 11.8. The lowest BCUT2D eigenvalue weighted by molar-refractivity contribution is 0.554. The normalized spacial score (nSPS) is 11.8. The first kappa shape index (κ1) is 12.7. The number of hydrogen-bond donors (Lipinski definition) is 1. The summed E-state index contributed by atoms with van der Waals surface area (Å²) in [5, 5.41) is 4.59. The number of aromatic nitrogens is 2. The van der Waals surface area contributed by atoms with Crippen molar-refractivity contribution in [3.05, 3.63) is 35.7 Å². The van der Waals surface area contributed by atoms with Gasteiger partial charge in [0.05, 0.1) is 5.69 Å². The molecule has 1 aromatic carbocycles. The van der Waals surface area contributed by atoms with E-state index in [1.807, 2.05) is 30.1 Å². The van der Waals surface area contributed by atoms with Gasteiger partial charge in [-0.1, -0.05) is 32.4 Å². The Bertz CT molecular complexity index is 574. The van der Waals surface area contributed by atoms with Crippen LogP contribution in [0.4, 0.5) is 5.69 Å². The fourth-order valence-electron chi connectivity index (χ4n) is 2.14. The van der Waals surface area contributed by atoms with Gasteiger partial charge in [-0.05, 0) is 19.1 Å². The molecular weight excluding hydrogens is 222 g/mol. The number of anilines is 1. The van der Waals surface area contributed by atoms with Gasteiger partial charge in [-0.3, -0.25) is 4.68 Å². The van der Waals surface area contributed by atoms with Crippen molar-refractivity contribution in [3.8, 4) is 11.1 Å². The molecule has 0 spiro atoms. The van der Waals surface area contributed by atoms with Crippen molar-refractivity contribution in [2.45, 2.75) is 33.1 Å². The Hall–Kier alpha value is -1.77. The lowest BCUT2D eigenvalue weighted by Crippen LogP contribution is -2.14. The van der Waals surface area contributed by atoms with E-state index in [1.54, 1.807) is 0 Å². The molecule has 0 aliphatic heterocycles. The number of nitrogens with two attached hydrogens (primary N) is 1. The molecule has 0 radical (unpaired) electrons. The first-order chi connectivity index (χ1) is 8.29. The smallest absolute Gasteiger partial charge is 0.0756 e. The Morgan fingerprint density at radius 3 is 2.44 bits per heavy atom. The van der Waals surface area contributed by atoms with Crippen molar-refractivity contribution in [2.24, 2.45) is 7.05 Å². The molecule has 18 heavy (non-hydrogen) atoms. The second-order valence-electron chi connectivity index (χ2n) is 5.91. The van der Waals surface area contributed by atoms with Crippen molar-refractivity contribution >= 4 is 5.69 Å². The summed E-state index contributed by atoms with van der Waals surface area (Å²) >= 11 is 0. The van der Waals surface area contributed by atoms with Crippen LogP contribution in [0.5, 0.6) is 0 Å². The molecule has 2 rings (SSSR count). The predicted octanol–water partition coefficient (Wildman–Crippen LogP) is 3.28. The van der Waals surface area contributed by atoms with E-state index < -0.39 is 0 Å². The Morgan fingerprint density at radius 2 is 1.83 bits per heavy atom. The Kier molecular flexibility index (Phi) is 2.93. The van der Waals surface area contributed by atoms with Gasteiger partial charge in [0.25, 0.3) is 0 Å². The minimum atomic E-state index is 0.00673. The summed E-state index contributed by atoms with van der Waals surface area (Å²) in [6, 6.07) is 6.12. The molecule has 0 saturated heterocycles. The number of aryl methyl sites for hydroxylation is 2. The minimum absolute atomic E-state index is 0.00673. The molecule has 2 N–H and O–H groups in total. The lowest BCUT2D eigenvalue weighted by atomic mass is 9.87. The fourth-order valence-corrected chi connectivity index (χ4v) is 2.14. The largest absolute Gasteiger partial charge is 0.398 e. The highest BCUT2D eigenvalue weighted by atomic mass is 15.3. The molecule has 1 heterocycles. The number of nitrogen functional groups attached to an aromatic ring is 1. The van der Waals surface area contributed by atoms with Crippen LogP contribution in [0, 0.1) is 6.92 Å². The molecule has 0 fully saturated rings. The molecule has 3 nitrogen and oxygen atoms in total. The second kappa shape index (κ2) is 4.16. The summed E-state index contributed by atoms with van der Waals surface area (Å²) in [7, 11) is 1.95. The van der Waals surface area contributed by atoms with E-state index in [0.717, 1.165) is 22.5 Å².